The van der Waals surface area contributed by atoms with Crippen LogP contribution < -0.4 is 21.3 Å². The third kappa shape index (κ3) is 8.73. The van der Waals surface area contributed by atoms with Crippen LogP contribution in [0, 0.1) is 0 Å². The number of hydrogen-bond acceptors (Lipinski definition) is 4. The van der Waals surface area contributed by atoms with E-state index >= 15 is 0 Å². The van der Waals surface area contributed by atoms with Gasteiger partial charge in [0.25, 0.3) is 0 Å². The highest BCUT2D eigenvalue weighted by atomic mass is 32.2. The molecule has 0 aromatic heterocycles. The molecule has 156 valence electrons. The van der Waals surface area contributed by atoms with Crippen molar-refractivity contribution < 1.29 is 9.59 Å². The van der Waals surface area contributed by atoms with E-state index in [0.717, 1.165) is 51.1 Å². The molecule has 0 aliphatic carbocycles. The molecule has 0 bridgehead atoms. The molecule has 2 fully saturated rings. The Bertz CT molecular complexity index is 450. The van der Waals surface area contributed by atoms with Crippen molar-refractivity contribution in [1.82, 2.24) is 21.3 Å². The smallest absolute Gasteiger partial charge is 0.315 e. The number of hydrogen-bond donors (Lipinski definition) is 4. The molecule has 0 aromatic carbocycles. The lowest BCUT2D eigenvalue weighted by Gasteiger charge is -2.16. The van der Waals surface area contributed by atoms with Crippen LogP contribution in [0.1, 0.15) is 71.1 Å². The summed E-state index contributed by atoms with van der Waals surface area (Å²) in [6.07, 6.45) is 10.9. The van der Waals surface area contributed by atoms with Crippen LogP contribution in [0.15, 0.2) is 0 Å². The number of urea groups is 1. The summed E-state index contributed by atoms with van der Waals surface area (Å²) < 4.78 is 0. The van der Waals surface area contributed by atoms with Crippen LogP contribution in [0.4, 0.5) is 4.79 Å². The lowest BCUT2D eigenvalue weighted by molar-refractivity contribution is -0.121. The molecule has 3 unspecified atom stereocenters. The number of carbonyl (C=O) groups is 2. The maximum absolute atomic E-state index is 11.9. The summed E-state index contributed by atoms with van der Waals surface area (Å²) in [6.45, 7) is 5.28. The Morgan fingerprint density at radius 3 is 2.63 bits per heavy atom. The zero-order chi connectivity index (χ0) is 19.3. The first-order chi connectivity index (χ1) is 13.2. The predicted octanol–water partition coefficient (Wildman–Crippen LogP) is 2.78. The average Bonchev–Trinajstić information content (AvgIpc) is 3.20. The van der Waals surface area contributed by atoms with Crippen LogP contribution in [0.25, 0.3) is 0 Å². The molecule has 3 amide bonds. The second-order valence-corrected chi connectivity index (χ2v) is 9.01. The largest absolute Gasteiger partial charge is 0.356 e. The predicted molar refractivity (Wildman–Crippen MR) is 113 cm³/mol. The van der Waals surface area contributed by atoms with E-state index in [4.69, 9.17) is 0 Å². The number of nitrogens with one attached hydrogen (secondary N) is 4. The fourth-order valence-corrected chi connectivity index (χ4v) is 5.29. The molecule has 2 rings (SSSR count). The Hall–Kier alpha value is -0.950. The SMILES string of the molecule is CCCCNCCCCCCNC(=O)CCCCC1SCC2NC(=O)NC21. The van der Waals surface area contributed by atoms with Gasteiger partial charge in [0.15, 0.2) is 0 Å². The van der Waals surface area contributed by atoms with E-state index in [0.29, 0.717) is 17.7 Å². The van der Waals surface area contributed by atoms with Gasteiger partial charge in [0.1, 0.15) is 0 Å². The van der Waals surface area contributed by atoms with Gasteiger partial charge in [-0.2, -0.15) is 11.8 Å². The van der Waals surface area contributed by atoms with Crippen molar-refractivity contribution in [2.75, 3.05) is 25.4 Å². The monoisotopic (exact) mass is 398 g/mol. The highest BCUT2D eigenvalue weighted by molar-refractivity contribution is 8.00. The number of carbonyl (C=O) groups excluding carboxylic acids is 2. The van der Waals surface area contributed by atoms with Crippen LogP contribution in [-0.4, -0.2) is 54.7 Å². The van der Waals surface area contributed by atoms with Crippen molar-refractivity contribution in [3.63, 3.8) is 0 Å². The summed E-state index contributed by atoms with van der Waals surface area (Å²) in [5.74, 6) is 1.19. The summed E-state index contributed by atoms with van der Waals surface area (Å²) in [4.78, 5) is 23.3. The van der Waals surface area contributed by atoms with E-state index in [1.165, 1.54) is 32.1 Å². The molecule has 27 heavy (non-hydrogen) atoms. The van der Waals surface area contributed by atoms with Gasteiger partial charge in [-0.25, -0.2) is 4.79 Å². The topological polar surface area (TPSA) is 82.3 Å². The van der Waals surface area contributed by atoms with Gasteiger partial charge in [0, 0.05) is 24.0 Å². The Morgan fingerprint density at radius 2 is 1.81 bits per heavy atom. The second kappa shape index (κ2) is 13.3. The van der Waals surface area contributed by atoms with Crippen molar-refractivity contribution in [1.29, 1.82) is 0 Å². The Balaban J connectivity index is 1.36. The van der Waals surface area contributed by atoms with Gasteiger partial charge >= 0.3 is 6.03 Å². The minimum Gasteiger partial charge on any atom is -0.356 e. The molecule has 7 heteroatoms. The van der Waals surface area contributed by atoms with Crippen molar-refractivity contribution >= 4 is 23.7 Å². The van der Waals surface area contributed by atoms with E-state index in [1.807, 2.05) is 11.8 Å². The van der Waals surface area contributed by atoms with Crippen LogP contribution in [0.2, 0.25) is 0 Å². The highest BCUT2D eigenvalue weighted by Crippen LogP contribution is 2.33. The maximum atomic E-state index is 11.9. The standard InChI is InChI=1S/C20H38N4O2S/c1-2-3-12-21-13-8-4-5-9-14-22-18(25)11-7-6-10-17-19-16(15-27-17)23-20(26)24-19/h16-17,19,21H,2-15H2,1H3,(H,22,25)(H2,23,24,26). The van der Waals surface area contributed by atoms with E-state index in [1.54, 1.807) is 0 Å². The van der Waals surface area contributed by atoms with Gasteiger partial charge < -0.3 is 21.3 Å². The van der Waals surface area contributed by atoms with Crippen molar-refractivity contribution in [2.24, 2.45) is 0 Å². The fourth-order valence-electron chi connectivity index (χ4n) is 3.75. The number of amides is 3. The number of thioether (sulfide) groups is 1. The summed E-state index contributed by atoms with van der Waals surface area (Å²) in [5, 5.41) is 13.0. The zero-order valence-electron chi connectivity index (χ0n) is 16.9. The Kier molecular flexibility index (Phi) is 11.0. The van der Waals surface area contributed by atoms with Crippen LogP contribution in [0.5, 0.6) is 0 Å². The van der Waals surface area contributed by atoms with Gasteiger partial charge in [0.05, 0.1) is 12.1 Å². The summed E-state index contributed by atoms with van der Waals surface area (Å²) in [6, 6.07) is 0.545. The molecule has 6 nitrogen and oxygen atoms in total. The first kappa shape index (κ1) is 22.3. The normalized spacial score (nSPS) is 23.7. The molecule has 0 spiro atoms. The second-order valence-electron chi connectivity index (χ2n) is 7.74. The maximum Gasteiger partial charge on any atom is 0.315 e. The van der Waals surface area contributed by atoms with Crippen molar-refractivity contribution in [2.45, 2.75) is 88.5 Å². The summed E-state index contributed by atoms with van der Waals surface area (Å²) in [5.41, 5.74) is 0. The third-order valence-corrected chi connectivity index (χ3v) is 6.90. The van der Waals surface area contributed by atoms with Crippen LogP contribution >= 0.6 is 11.8 Å². The van der Waals surface area contributed by atoms with Crippen LogP contribution in [-0.2, 0) is 4.79 Å². The minimum atomic E-state index is -0.0255. The van der Waals surface area contributed by atoms with Crippen molar-refractivity contribution in [3.05, 3.63) is 0 Å². The molecule has 0 aromatic rings. The molecular weight excluding hydrogens is 360 g/mol. The fraction of sp³-hybridized carbons (Fsp3) is 0.900. The van der Waals surface area contributed by atoms with Crippen molar-refractivity contribution in [3.8, 4) is 0 Å². The Labute approximate surface area is 168 Å². The lowest BCUT2D eigenvalue weighted by Crippen LogP contribution is -2.36. The van der Waals surface area contributed by atoms with Gasteiger partial charge in [-0.3, -0.25) is 4.79 Å². The quantitative estimate of drug-likeness (QED) is 0.253. The van der Waals surface area contributed by atoms with E-state index in [9.17, 15) is 9.59 Å². The molecule has 2 saturated heterocycles. The summed E-state index contributed by atoms with van der Waals surface area (Å²) in [7, 11) is 0. The van der Waals surface area contributed by atoms with Crippen LogP contribution in [0.3, 0.4) is 0 Å². The Morgan fingerprint density at radius 1 is 1.04 bits per heavy atom. The van der Waals surface area contributed by atoms with Gasteiger partial charge in [0.2, 0.25) is 5.91 Å². The molecule has 2 heterocycles. The van der Waals surface area contributed by atoms with Gasteiger partial charge in [-0.1, -0.05) is 32.6 Å². The zero-order valence-corrected chi connectivity index (χ0v) is 17.7. The van der Waals surface area contributed by atoms with E-state index in [-0.39, 0.29) is 18.0 Å². The third-order valence-electron chi connectivity index (χ3n) is 5.39. The number of rotatable bonds is 15. The highest BCUT2D eigenvalue weighted by Gasteiger charge is 2.42. The first-order valence-electron chi connectivity index (χ1n) is 10.9. The van der Waals surface area contributed by atoms with E-state index < -0.39 is 0 Å². The number of unbranched alkanes of at least 4 members (excludes halogenated alkanes) is 5. The van der Waals surface area contributed by atoms with E-state index in [2.05, 4.69) is 28.2 Å². The molecule has 2 aliphatic heterocycles. The molecule has 3 atom stereocenters. The molecule has 4 N–H and O–H groups in total. The molecule has 2 aliphatic rings. The molecule has 0 radical (unpaired) electrons. The number of fused-ring (bicyclic) bond motifs is 1. The molecule has 0 saturated carbocycles. The summed E-state index contributed by atoms with van der Waals surface area (Å²) >= 11 is 1.94. The lowest BCUT2D eigenvalue weighted by atomic mass is 10.0. The molecular formula is C20H38N4O2S. The first-order valence-corrected chi connectivity index (χ1v) is 11.9. The minimum absolute atomic E-state index is 0.0255. The van der Waals surface area contributed by atoms with Gasteiger partial charge in [-0.05, 0) is 45.2 Å². The average molecular weight is 399 g/mol. The van der Waals surface area contributed by atoms with Gasteiger partial charge in [-0.15, -0.1) is 0 Å².